The smallest absolute Gasteiger partial charge is 0.220 e. The molecular weight excluding hydrogens is 306 g/mol. The average Bonchev–Trinajstić information content (AvgIpc) is 2.50. The van der Waals surface area contributed by atoms with E-state index in [2.05, 4.69) is 9.98 Å². The Morgan fingerprint density at radius 2 is 1.92 bits per heavy atom. The first-order valence-electron chi connectivity index (χ1n) is 8.18. The molecule has 1 aromatic rings. The number of nitrogens with two attached hydrogens (primary N) is 2. The van der Waals surface area contributed by atoms with Gasteiger partial charge in [-0.1, -0.05) is 6.42 Å². The maximum Gasteiger partial charge on any atom is 0.220 e. The molecule has 0 radical (unpaired) electrons. The number of Topliss-reactive ketones (excluding diaryl/α,β-unsaturated/α-hetero) is 1. The van der Waals surface area contributed by atoms with Crippen LogP contribution in [0, 0.1) is 6.92 Å². The minimum absolute atomic E-state index is 0.0909. The van der Waals surface area contributed by atoms with E-state index in [1.54, 1.807) is 17.0 Å². The predicted molar refractivity (Wildman–Crippen MR) is 94.4 cm³/mol. The quantitative estimate of drug-likeness (QED) is 0.717. The predicted octanol–water partition coefficient (Wildman–Crippen LogP) is 2.01. The summed E-state index contributed by atoms with van der Waals surface area (Å²) in [7, 11) is 0. The van der Waals surface area contributed by atoms with Gasteiger partial charge in [-0.25, -0.2) is 4.99 Å². The van der Waals surface area contributed by atoms with Crippen LogP contribution in [0.1, 0.15) is 54.9 Å². The largest absolute Gasteiger partial charge is 0.505 e. The van der Waals surface area contributed by atoms with Gasteiger partial charge in [-0.3, -0.25) is 9.69 Å². The Hall–Kier alpha value is -2.57. The van der Waals surface area contributed by atoms with Gasteiger partial charge in [0, 0.05) is 0 Å². The van der Waals surface area contributed by atoms with Crippen molar-refractivity contribution in [2.45, 2.75) is 51.6 Å². The molecule has 1 fully saturated rings. The Labute approximate surface area is 141 Å². The topological polar surface area (TPSA) is 117 Å². The van der Waals surface area contributed by atoms with Crippen LogP contribution in [0.2, 0.25) is 0 Å². The molecule has 0 bridgehead atoms. The molecule has 0 saturated heterocycles. The molecule has 3 rings (SSSR count). The summed E-state index contributed by atoms with van der Waals surface area (Å²) < 4.78 is 0. The number of phenolic OH excluding ortho intramolecular Hbond substituents is 1. The molecule has 128 valence electrons. The third kappa shape index (κ3) is 2.60. The van der Waals surface area contributed by atoms with E-state index in [0.717, 1.165) is 37.7 Å². The third-order valence-electron chi connectivity index (χ3n) is 4.71. The maximum atomic E-state index is 11.9. The van der Waals surface area contributed by atoms with Crippen LogP contribution in [0.15, 0.2) is 22.1 Å². The van der Waals surface area contributed by atoms with Crippen molar-refractivity contribution in [1.29, 1.82) is 0 Å². The van der Waals surface area contributed by atoms with Gasteiger partial charge in [0.2, 0.25) is 11.9 Å². The molecule has 0 atom stereocenters. The maximum absolute atomic E-state index is 11.9. The van der Waals surface area contributed by atoms with Gasteiger partial charge in [0.15, 0.2) is 5.78 Å². The summed E-state index contributed by atoms with van der Waals surface area (Å²) in [6, 6.07) is 3.47. The van der Waals surface area contributed by atoms with Crippen molar-refractivity contribution in [2.75, 3.05) is 4.90 Å². The van der Waals surface area contributed by atoms with Crippen molar-refractivity contribution in [3.63, 3.8) is 0 Å². The number of carbonyl (C=O) groups excluding carboxylic acids is 1. The van der Waals surface area contributed by atoms with Crippen LogP contribution in [0.4, 0.5) is 5.69 Å². The van der Waals surface area contributed by atoms with Crippen molar-refractivity contribution in [2.24, 2.45) is 21.5 Å². The number of hydrogen-bond donors (Lipinski definition) is 3. The molecule has 24 heavy (non-hydrogen) atoms. The molecule has 7 heteroatoms. The van der Waals surface area contributed by atoms with Crippen molar-refractivity contribution >= 4 is 23.4 Å². The number of benzene rings is 1. The molecule has 1 aliphatic carbocycles. The summed E-state index contributed by atoms with van der Waals surface area (Å²) >= 11 is 0. The summed E-state index contributed by atoms with van der Waals surface area (Å²) in [5.41, 5.74) is 13.0. The first-order chi connectivity index (χ1) is 11.3. The first-order valence-corrected chi connectivity index (χ1v) is 8.18. The molecule has 1 spiro atoms. The van der Waals surface area contributed by atoms with E-state index in [-0.39, 0.29) is 29.0 Å². The lowest BCUT2D eigenvalue weighted by molar-refractivity contribution is 0.101. The van der Waals surface area contributed by atoms with Gasteiger partial charge in [0.1, 0.15) is 11.4 Å². The molecule has 1 heterocycles. The fourth-order valence-corrected chi connectivity index (χ4v) is 3.67. The number of ketones is 1. The SMILES string of the molecule is CC(=O)c1cc(C)cc(N2C(N)=NC(N)=NC23CCCCC3)c1O. The second-order valence-electron chi connectivity index (χ2n) is 6.55. The zero-order chi connectivity index (χ0) is 17.5. The third-order valence-corrected chi connectivity index (χ3v) is 4.71. The van der Waals surface area contributed by atoms with Gasteiger partial charge >= 0.3 is 0 Å². The number of aromatic hydroxyl groups is 1. The van der Waals surface area contributed by atoms with E-state index in [0.29, 0.717) is 5.69 Å². The number of carbonyl (C=O) groups is 1. The minimum Gasteiger partial charge on any atom is -0.505 e. The standard InChI is InChI=1S/C17H23N5O2/c1-10-8-12(11(2)23)14(24)13(9-10)22-16(19)20-15(18)21-17(22)6-4-3-5-7-17/h8-9,24H,3-7H2,1-2H3,(H4,18,19,20,21). The number of anilines is 1. The number of rotatable bonds is 2. The van der Waals surface area contributed by atoms with E-state index in [1.807, 2.05) is 6.92 Å². The number of hydrogen-bond acceptors (Lipinski definition) is 7. The van der Waals surface area contributed by atoms with Crippen molar-refractivity contribution in [1.82, 2.24) is 0 Å². The molecule has 1 aliphatic heterocycles. The highest BCUT2D eigenvalue weighted by molar-refractivity contribution is 6.08. The average molecular weight is 329 g/mol. The molecule has 0 unspecified atom stereocenters. The monoisotopic (exact) mass is 329 g/mol. The Bertz CT molecular complexity index is 748. The van der Waals surface area contributed by atoms with Crippen LogP contribution in [0.3, 0.4) is 0 Å². The Morgan fingerprint density at radius 3 is 2.54 bits per heavy atom. The van der Waals surface area contributed by atoms with Crippen LogP contribution < -0.4 is 16.4 Å². The van der Waals surface area contributed by atoms with Crippen LogP contribution in [-0.2, 0) is 0 Å². The zero-order valence-corrected chi connectivity index (χ0v) is 14.0. The van der Waals surface area contributed by atoms with Crippen LogP contribution in [0.25, 0.3) is 0 Å². The van der Waals surface area contributed by atoms with Crippen LogP contribution in [0.5, 0.6) is 5.75 Å². The molecule has 1 saturated carbocycles. The van der Waals surface area contributed by atoms with E-state index in [1.165, 1.54) is 6.92 Å². The first kappa shape index (κ1) is 16.3. The molecule has 2 aliphatic rings. The van der Waals surface area contributed by atoms with Crippen molar-refractivity contribution in [3.8, 4) is 5.75 Å². The highest BCUT2D eigenvalue weighted by atomic mass is 16.3. The van der Waals surface area contributed by atoms with Crippen LogP contribution >= 0.6 is 0 Å². The minimum atomic E-state index is -0.645. The highest BCUT2D eigenvalue weighted by Crippen LogP contribution is 2.43. The number of guanidine groups is 2. The van der Waals surface area contributed by atoms with Crippen molar-refractivity contribution < 1.29 is 9.90 Å². The zero-order valence-electron chi connectivity index (χ0n) is 14.0. The van der Waals surface area contributed by atoms with Gasteiger partial charge in [-0.2, -0.15) is 4.99 Å². The van der Waals surface area contributed by atoms with Gasteiger partial charge < -0.3 is 16.6 Å². The normalized spacial score (nSPS) is 19.8. The lowest BCUT2D eigenvalue weighted by atomic mass is 9.87. The molecule has 5 N–H and O–H groups in total. The Kier molecular flexibility index (Phi) is 3.95. The second kappa shape index (κ2) is 5.81. The number of aliphatic imine (C=N–C) groups is 2. The Balaban J connectivity index is 2.19. The summed E-state index contributed by atoms with van der Waals surface area (Å²) in [4.78, 5) is 22.3. The highest BCUT2D eigenvalue weighted by Gasteiger charge is 2.43. The summed E-state index contributed by atoms with van der Waals surface area (Å²) in [5, 5.41) is 10.7. The van der Waals surface area contributed by atoms with E-state index >= 15 is 0 Å². The summed E-state index contributed by atoms with van der Waals surface area (Å²) in [6.45, 7) is 3.30. The summed E-state index contributed by atoms with van der Waals surface area (Å²) in [5.74, 6) is 0.0573. The fraction of sp³-hybridized carbons (Fsp3) is 0.471. The van der Waals surface area contributed by atoms with E-state index in [9.17, 15) is 9.90 Å². The Morgan fingerprint density at radius 1 is 1.25 bits per heavy atom. The van der Waals surface area contributed by atoms with E-state index < -0.39 is 5.66 Å². The second-order valence-corrected chi connectivity index (χ2v) is 6.55. The van der Waals surface area contributed by atoms with Gasteiger partial charge in [-0.15, -0.1) is 0 Å². The summed E-state index contributed by atoms with van der Waals surface area (Å²) in [6.07, 6.45) is 4.65. The van der Waals surface area contributed by atoms with Gasteiger partial charge in [0.05, 0.1) is 11.3 Å². The molecule has 0 amide bonds. The van der Waals surface area contributed by atoms with Gasteiger partial charge in [0.25, 0.3) is 0 Å². The lowest BCUT2D eigenvalue weighted by Crippen LogP contribution is -2.58. The molecule has 7 nitrogen and oxygen atoms in total. The number of phenols is 1. The molecule has 0 aromatic heterocycles. The van der Waals surface area contributed by atoms with Gasteiger partial charge in [-0.05, 0) is 57.2 Å². The number of nitrogens with zero attached hydrogens (tertiary/aromatic N) is 3. The van der Waals surface area contributed by atoms with Crippen molar-refractivity contribution in [3.05, 3.63) is 23.3 Å². The van der Waals surface area contributed by atoms with E-state index in [4.69, 9.17) is 11.5 Å². The van der Waals surface area contributed by atoms with Crippen LogP contribution in [-0.4, -0.2) is 28.5 Å². The lowest BCUT2D eigenvalue weighted by Gasteiger charge is -2.45. The molecule has 1 aromatic carbocycles. The number of aryl methyl sites for hydroxylation is 1. The molecular formula is C17H23N5O2. The fourth-order valence-electron chi connectivity index (χ4n) is 3.67.